The first-order valence-corrected chi connectivity index (χ1v) is 6.59. The van der Waals surface area contributed by atoms with Gasteiger partial charge in [-0.05, 0) is 67.6 Å². The highest BCUT2D eigenvalue weighted by Gasteiger charge is 2.23. The number of esters is 1. The van der Waals surface area contributed by atoms with Crippen LogP contribution < -0.4 is 5.32 Å². The van der Waals surface area contributed by atoms with Gasteiger partial charge >= 0.3 is 5.97 Å². The molecule has 0 heterocycles. The van der Waals surface area contributed by atoms with Gasteiger partial charge in [0.1, 0.15) is 0 Å². The molecule has 0 spiro atoms. The van der Waals surface area contributed by atoms with Gasteiger partial charge in [-0.1, -0.05) is 0 Å². The van der Waals surface area contributed by atoms with E-state index in [4.69, 9.17) is 4.74 Å². The molecule has 0 radical (unpaired) electrons. The molecule has 0 aromatic heterocycles. The van der Waals surface area contributed by atoms with E-state index in [1.165, 1.54) is 0 Å². The lowest BCUT2D eigenvalue weighted by atomic mass is 9.97. The number of ether oxygens (including phenoxy) is 1. The van der Waals surface area contributed by atoms with Crippen molar-refractivity contribution in [1.82, 2.24) is 0 Å². The molecule has 0 aliphatic rings. The van der Waals surface area contributed by atoms with Crippen LogP contribution in [0.4, 0.5) is 5.69 Å². The molecule has 98 valence electrons. The number of halogens is 1. The van der Waals surface area contributed by atoms with Gasteiger partial charge in [0.2, 0.25) is 0 Å². The quantitative estimate of drug-likeness (QED) is 0.666. The summed E-state index contributed by atoms with van der Waals surface area (Å²) in [5, 5.41) is 2.66. The van der Waals surface area contributed by atoms with E-state index in [0.29, 0.717) is 5.69 Å². The molecule has 0 aliphatic heterocycles. The molecule has 0 saturated heterocycles. The summed E-state index contributed by atoms with van der Waals surface area (Å²) in [5.41, 5.74) is 0.0931. The van der Waals surface area contributed by atoms with Crippen LogP contribution in [0.15, 0.2) is 24.3 Å². The Bertz CT molecular complexity index is 435. The number of hydrogen-bond acceptors (Lipinski definition) is 3. The Hall–Kier alpha value is -1.11. The van der Waals surface area contributed by atoms with Crippen molar-refractivity contribution in [2.24, 2.45) is 5.41 Å². The average Bonchev–Trinajstić information content (AvgIpc) is 2.28. The van der Waals surface area contributed by atoms with Crippen LogP contribution in [0.3, 0.4) is 0 Å². The minimum atomic E-state index is -0.594. The molecule has 1 rings (SSSR count). The van der Waals surface area contributed by atoms with Crippen molar-refractivity contribution in [1.29, 1.82) is 0 Å². The zero-order valence-electron chi connectivity index (χ0n) is 10.6. The predicted octanol–water partition coefficient (Wildman–Crippen LogP) is 2.82. The molecule has 1 aromatic carbocycles. The van der Waals surface area contributed by atoms with Crippen LogP contribution in [-0.4, -0.2) is 18.5 Å². The van der Waals surface area contributed by atoms with Crippen molar-refractivity contribution in [3.05, 3.63) is 27.8 Å². The molecule has 1 amide bonds. The fourth-order valence-electron chi connectivity index (χ4n) is 1.08. The van der Waals surface area contributed by atoms with Gasteiger partial charge in [0, 0.05) is 9.26 Å². The Morgan fingerprint density at radius 3 is 2.28 bits per heavy atom. The zero-order valence-corrected chi connectivity index (χ0v) is 12.8. The van der Waals surface area contributed by atoms with E-state index < -0.39 is 5.41 Å². The number of benzene rings is 1. The summed E-state index contributed by atoms with van der Waals surface area (Å²) in [6.07, 6.45) is 0. The number of carbonyl (C=O) groups is 2. The molecular formula is C13H16INO3. The second-order valence-electron chi connectivity index (χ2n) is 4.88. The van der Waals surface area contributed by atoms with E-state index in [9.17, 15) is 9.59 Å². The highest BCUT2D eigenvalue weighted by Crippen LogP contribution is 2.15. The predicted molar refractivity (Wildman–Crippen MR) is 78.2 cm³/mol. The van der Waals surface area contributed by atoms with Crippen LogP contribution in [0, 0.1) is 8.99 Å². The first-order chi connectivity index (χ1) is 8.29. The Morgan fingerprint density at radius 2 is 1.78 bits per heavy atom. The van der Waals surface area contributed by atoms with Crippen molar-refractivity contribution in [2.45, 2.75) is 20.8 Å². The molecule has 0 fully saturated rings. The van der Waals surface area contributed by atoms with E-state index in [-0.39, 0.29) is 18.5 Å². The van der Waals surface area contributed by atoms with Gasteiger partial charge in [-0.3, -0.25) is 9.59 Å². The lowest BCUT2D eigenvalue weighted by Gasteiger charge is -2.16. The molecule has 1 N–H and O–H groups in total. The highest BCUT2D eigenvalue weighted by molar-refractivity contribution is 14.1. The zero-order chi connectivity index (χ0) is 13.8. The summed E-state index contributed by atoms with van der Waals surface area (Å²) >= 11 is 2.18. The van der Waals surface area contributed by atoms with Crippen molar-refractivity contribution in [3.63, 3.8) is 0 Å². The maximum atomic E-state index is 11.5. The summed E-state index contributed by atoms with van der Waals surface area (Å²) < 4.78 is 6.00. The number of rotatable bonds is 3. The summed E-state index contributed by atoms with van der Waals surface area (Å²) in [4.78, 5) is 23.0. The van der Waals surface area contributed by atoms with E-state index in [1.807, 2.05) is 12.1 Å². The molecule has 0 bridgehead atoms. The summed E-state index contributed by atoms with van der Waals surface area (Å²) in [7, 11) is 0. The van der Waals surface area contributed by atoms with Crippen LogP contribution >= 0.6 is 22.6 Å². The second kappa shape index (κ2) is 6.17. The molecule has 1 aromatic rings. The number of amides is 1. The summed E-state index contributed by atoms with van der Waals surface area (Å²) in [6.45, 7) is 4.97. The van der Waals surface area contributed by atoms with E-state index in [0.717, 1.165) is 3.57 Å². The van der Waals surface area contributed by atoms with Gasteiger partial charge in [0.25, 0.3) is 5.91 Å². The minimum Gasteiger partial charge on any atom is -0.455 e. The number of hydrogen-bond donors (Lipinski definition) is 1. The van der Waals surface area contributed by atoms with Crippen molar-refractivity contribution in [3.8, 4) is 0 Å². The smallest absolute Gasteiger partial charge is 0.311 e. The highest BCUT2D eigenvalue weighted by atomic mass is 127. The Kier molecular flexibility index (Phi) is 5.13. The molecule has 0 unspecified atom stereocenters. The van der Waals surface area contributed by atoms with Gasteiger partial charge < -0.3 is 10.1 Å². The molecule has 4 nitrogen and oxygen atoms in total. The fourth-order valence-corrected chi connectivity index (χ4v) is 1.44. The van der Waals surface area contributed by atoms with Crippen LogP contribution in [0.25, 0.3) is 0 Å². The fraction of sp³-hybridized carbons (Fsp3) is 0.385. The minimum absolute atomic E-state index is 0.262. The standard InChI is InChI=1S/C13H16INO3/c1-13(2,3)12(17)18-8-11(16)15-10-6-4-9(14)5-7-10/h4-7H,8H2,1-3H3,(H,15,16). The maximum absolute atomic E-state index is 11.5. The average molecular weight is 361 g/mol. The second-order valence-corrected chi connectivity index (χ2v) is 6.13. The number of nitrogens with one attached hydrogen (secondary N) is 1. The van der Waals surface area contributed by atoms with Crippen LogP contribution in [-0.2, 0) is 14.3 Å². The molecule has 0 saturated carbocycles. The SMILES string of the molecule is CC(C)(C)C(=O)OCC(=O)Nc1ccc(I)cc1. The third-order valence-corrected chi connectivity index (χ3v) is 2.79. The molecule has 0 atom stereocenters. The van der Waals surface area contributed by atoms with Crippen molar-refractivity contribution >= 4 is 40.2 Å². The third-order valence-electron chi connectivity index (χ3n) is 2.07. The topological polar surface area (TPSA) is 55.4 Å². The lowest BCUT2D eigenvalue weighted by molar-refractivity contribution is -0.155. The van der Waals surface area contributed by atoms with Gasteiger partial charge in [0.05, 0.1) is 5.41 Å². The Balaban J connectivity index is 2.43. The maximum Gasteiger partial charge on any atom is 0.311 e. The summed E-state index contributed by atoms with van der Waals surface area (Å²) in [5.74, 6) is -0.728. The van der Waals surface area contributed by atoms with Gasteiger partial charge in [-0.2, -0.15) is 0 Å². The lowest BCUT2D eigenvalue weighted by Crippen LogP contribution is -2.27. The first kappa shape index (κ1) is 14.9. The number of anilines is 1. The van der Waals surface area contributed by atoms with Crippen LogP contribution in [0.1, 0.15) is 20.8 Å². The summed E-state index contributed by atoms with van der Waals surface area (Å²) in [6, 6.07) is 7.37. The Labute approximate surface area is 120 Å². The first-order valence-electron chi connectivity index (χ1n) is 5.51. The van der Waals surface area contributed by atoms with E-state index >= 15 is 0 Å². The molecule has 0 aliphatic carbocycles. The molecule has 18 heavy (non-hydrogen) atoms. The molecular weight excluding hydrogens is 345 g/mol. The van der Waals surface area contributed by atoms with Crippen LogP contribution in [0.2, 0.25) is 0 Å². The van der Waals surface area contributed by atoms with Gasteiger partial charge in [-0.25, -0.2) is 0 Å². The monoisotopic (exact) mass is 361 g/mol. The Morgan fingerprint density at radius 1 is 1.22 bits per heavy atom. The van der Waals surface area contributed by atoms with Crippen molar-refractivity contribution < 1.29 is 14.3 Å². The van der Waals surface area contributed by atoms with E-state index in [1.54, 1.807) is 32.9 Å². The molecule has 5 heteroatoms. The number of carbonyl (C=O) groups excluding carboxylic acids is 2. The van der Waals surface area contributed by atoms with Gasteiger partial charge in [0.15, 0.2) is 6.61 Å². The normalized spacial score (nSPS) is 10.9. The third kappa shape index (κ3) is 5.03. The largest absolute Gasteiger partial charge is 0.455 e. The van der Waals surface area contributed by atoms with Crippen molar-refractivity contribution in [2.75, 3.05) is 11.9 Å². The van der Waals surface area contributed by atoms with E-state index in [2.05, 4.69) is 27.9 Å². The van der Waals surface area contributed by atoms with Crippen LogP contribution in [0.5, 0.6) is 0 Å². The van der Waals surface area contributed by atoms with Gasteiger partial charge in [-0.15, -0.1) is 0 Å².